The molecule has 0 aromatic rings. The van der Waals surface area contributed by atoms with Crippen molar-refractivity contribution in [2.24, 2.45) is 0 Å². The Hall–Kier alpha value is -1.34. The number of amides is 2. The largest absolute Gasteiger partial charge is 0.481 e. The van der Waals surface area contributed by atoms with Crippen molar-refractivity contribution < 1.29 is 19.8 Å². The highest BCUT2D eigenvalue weighted by atomic mass is 16.4. The molecule has 2 unspecified atom stereocenters. The normalized spacial score (nSPS) is 15.9. The third-order valence-electron chi connectivity index (χ3n) is 2.60. The second-order valence-electron chi connectivity index (χ2n) is 4.94. The number of nitrogens with one attached hydrogen (secondary N) is 2. The van der Waals surface area contributed by atoms with Gasteiger partial charge in [0.25, 0.3) is 0 Å². The van der Waals surface area contributed by atoms with Crippen molar-refractivity contribution >= 4 is 12.0 Å². The van der Waals surface area contributed by atoms with Gasteiger partial charge in [0.2, 0.25) is 0 Å². The zero-order valence-electron chi connectivity index (χ0n) is 11.4. The second-order valence-corrected chi connectivity index (χ2v) is 4.94. The lowest BCUT2D eigenvalue weighted by Crippen LogP contribution is -2.48. The molecule has 7 heteroatoms. The molecule has 106 valence electrons. The van der Waals surface area contributed by atoms with Crippen LogP contribution in [0.5, 0.6) is 0 Å². The number of hydrogen-bond donors (Lipinski definition) is 4. The Morgan fingerprint density at radius 3 is 2.33 bits per heavy atom. The van der Waals surface area contributed by atoms with E-state index in [1.807, 2.05) is 25.9 Å². The second kappa shape index (κ2) is 7.17. The standard InChI is InChI=1S/C11H23N3O4/c1-8(14(3)4)6-12-10(17)13-7-11(2,18)5-9(15)16/h8,18H,5-7H2,1-4H3,(H,15,16)(H2,12,13,17). The first-order chi connectivity index (χ1) is 8.14. The fourth-order valence-electron chi connectivity index (χ4n) is 1.14. The van der Waals surface area contributed by atoms with Crippen LogP contribution in [0, 0.1) is 0 Å². The fraction of sp³-hybridized carbons (Fsp3) is 0.818. The molecule has 0 aliphatic heterocycles. The predicted molar refractivity (Wildman–Crippen MR) is 67.4 cm³/mol. The minimum atomic E-state index is -1.45. The maximum Gasteiger partial charge on any atom is 0.314 e. The molecule has 0 fully saturated rings. The molecule has 0 rings (SSSR count). The van der Waals surface area contributed by atoms with Gasteiger partial charge in [0.1, 0.15) is 0 Å². The van der Waals surface area contributed by atoms with Crippen LogP contribution >= 0.6 is 0 Å². The number of carboxylic acid groups (broad SMARTS) is 1. The van der Waals surface area contributed by atoms with E-state index in [4.69, 9.17) is 5.11 Å². The third kappa shape index (κ3) is 7.86. The number of nitrogens with zero attached hydrogens (tertiary/aromatic N) is 1. The first kappa shape index (κ1) is 16.7. The summed E-state index contributed by atoms with van der Waals surface area (Å²) in [6.07, 6.45) is -0.415. The maximum atomic E-state index is 11.4. The SMILES string of the molecule is CC(CNC(=O)NCC(C)(O)CC(=O)O)N(C)C. The van der Waals surface area contributed by atoms with Crippen molar-refractivity contribution in [1.29, 1.82) is 0 Å². The number of carboxylic acids is 1. The first-order valence-electron chi connectivity index (χ1n) is 5.76. The first-order valence-corrected chi connectivity index (χ1v) is 5.76. The summed E-state index contributed by atoms with van der Waals surface area (Å²) in [6, 6.07) is -0.232. The van der Waals surface area contributed by atoms with E-state index in [1.165, 1.54) is 6.92 Å². The summed E-state index contributed by atoms with van der Waals surface area (Å²) >= 11 is 0. The molecule has 4 N–H and O–H groups in total. The Morgan fingerprint density at radius 2 is 1.89 bits per heavy atom. The number of aliphatic hydroxyl groups is 1. The lowest BCUT2D eigenvalue weighted by Gasteiger charge is -2.23. The van der Waals surface area contributed by atoms with Crippen LogP contribution < -0.4 is 10.6 Å². The van der Waals surface area contributed by atoms with Crippen molar-refractivity contribution in [3.8, 4) is 0 Å². The predicted octanol–water partition coefficient (Wildman–Crippen LogP) is -0.539. The van der Waals surface area contributed by atoms with Crippen LogP contribution in [-0.2, 0) is 4.79 Å². The Bertz CT molecular complexity index is 292. The number of urea groups is 1. The minimum absolute atomic E-state index is 0.110. The average molecular weight is 261 g/mol. The minimum Gasteiger partial charge on any atom is -0.481 e. The molecule has 0 aromatic carbocycles. The van der Waals surface area contributed by atoms with Crippen LogP contribution in [0.15, 0.2) is 0 Å². The van der Waals surface area contributed by atoms with Crippen molar-refractivity contribution in [3.63, 3.8) is 0 Å². The average Bonchev–Trinajstić information content (AvgIpc) is 2.21. The summed E-state index contributed by atoms with van der Waals surface area (Å²) in [5, 5.41) is 23.3. The molecule has 0 aromatic heterocycles. The monoisotopic (exact) mass is 261 g/mol. The van der Waals surface area contributed by atoms with Gasteiger partial charge in [0.15, 0.2) is 0 Å². The molecule has 0 heterocycles. The van der Waals surface area contributed by atoms with Crippen LogP contribution in [0.4, 0.5) is 4.79 Å². The van der Waals surface area contributed by atoms with Gasteiger partial charge in [0, 0.05) is 19.1 Å². The summed E-state index contributed by atoms with van der Waals surface area (Å²) < 4.78 is 0. The molecule has 0 saturated carbocycles. The van der Waals surface area contributed by atoms with Gasteiger partial charge in [-0.05, 0) is 27.9 Å². The Morgan fingerprint density at radius 1 is 1.33 bits per heavy atom. The highest BCUT2D eigenvalue weighted by molar-refractivity contribution is 5.74. The van der Waals surface area contributed by atoms with Crippen LogP contribution in [0.2, 0.25) is 0 Å². The topological polar surface area (TPSA) is 102 Å². The number of rotatable bonds is 7. The summed E-state index contributed by atoms with van der Waals surface area (Å²) in [4.78, 5) is 23.8. The number of likely N-dealkylation sites (N-methyl/N-ethyl adjacent to an activating group) is 1. The Balaban J connectivity index is 3.93. The van der Waals surface area contributed by atoms with E-state index in [9.17, 15) is 14.7 Å². The third-order valence-corrected chi connectivity index (χ3v) is 2.60. The van der Waals surface area contributed by atoms with Crippen molar-refractivity contribution in [3.05, 3.63) is 0 Å². The molecule has 7 nitrogen and oxygen atoms in total. The van der Waals surface area contributed by atoms with Crippen LogP contribution in [0.3, 0.4) is 0 Å². The highest BCUT2D eigenvalue weighted by Gasteiger charge is 2.24. The maximum absolute atomic E-state index is 11.4. The summed E-state index contributed by atoms with van der Waals surface area (Å²) in [5.41, 5.74) is -1.45. The number of hydrogen-bond acceptors (Lipinski definition) is 4. The van der Waals surface area contributed by atoms with Crippen molar-refractivity contribution in [1.82, 2.24) is 15.5 Å². The number of carbonyl (C=O) groups excluding carboxylic acids is 1. The van der Waals surface area contributed by atoms with E-state index >= 15 is 0 Å². The molecular weight excluding hydrogens is 238 g/mol. The van der Waals surface area contributed by atoms with Crippen molar-refractivity contribution in [2.75, 3.05) is 27.2 Å². The van der Waals surface area contributed by atoms with Gasteiger partial charge in [-0.25, -0.2) is 4.79 Å². The molecular formula is C11H23N3O4. The summed E-state index contributed by atoms with van der Waals surface area (Å²) in [7, 11) is 3.81. The van der Waals surface area contributed by atoms with E-state index in [0.29, 0.717) is 6.54 Å². The van der Waals surface area contributed by atoms with Gasteiger partial charge < -0.3 is 25.7 Å². The zero-order chi connectivity index (χ0) is 14.3. The van der Waals surface area contributed by atoms with Crippen LogP contribution in [-0.4, -0.2) is 65.9 Å². The lowest BCUT2D eigenvalue weighted by molar-refractivity contribution is -0.141. The van der Waals surface area contributed by atoms with Crippen LogP contribution in [0.1, 0.15) is 20.3 Å². The highest BCUT2D eigenvalue weighted by Crippen LogP contribution is 2.06. The van der Waals surface area contributed by atoms with Gasteiger partial charge in [-0.2, -0.15) is 0 Å². The fourth-order valence-corrected chi connectivity index (χ4v) is 1.14. The summed E-state index contributed by atoms with van der Waals surface area (Å²) in [6.45, 7) is 3.69. The van der Waals surface area contributed by atoms with Gasteiger partial charge in [0.05, 0.1) is 12.0 Å². The van der Waals surface area contributed by atoms with E-state index in [1.54, 1.807) is 0 Å². The van der Waals surface area contributed by atoms with E-state index in [2.05, 4.69) is 10.6 Å². The smallest absolute Gasteiger partial charge is 0.314 e. The summed E-state index contributed by atoms with van der Waals surface area (Å²) in [5.74, 6) is -1.11. The molecule has 2 atom stereocenters. The number of aliphatic carboxylic acids is 1. The van der Waals surface area contributed by atoms with Crippen LogP contribution in [0.25, 0.3) is 0 Å². The molecule has 18 heavy (non-hydrogen) atoms. The van der Waals surface area contributed by atoms with Crippen molar-refractivity contribution in [2.45, 2.75) is 31.9 Å². The molecule has 2 amide bonds. The van der Waals surface area contributed by atoms with E-state index in [0.717, 1.165) is 0 Å². The molecule has 0 aliphatic rings. The van der Waals surface area contributed by atoms with E-state index < -0.39 is 24.0 Å². The van der Waals surface area contributed by atoms with Gasteiger partial charge in [-0.1, -0.05) is 0 Å². The lowest BCUT2D eigenvalue weighted by atomic mass is 10.0. The Kier molecular flexibility index (Phi) is 6.64. The van der Waals surface area contributed by atoms with Gasteiger partial charge >= 0.3 is 12.0 Å². The number of carbonyl (C=O) groups is 2. The molecule has 0 aliphatic carbocycles. The van der Waals surface area contributed by atoms with E-state index in [-0.39, 0.29) is 12.6 Å². The molecule has 0 radical (unpaired) electrons. The van der Waals surface area contributed by atoms with Gasteiger partial charge in [-0.3, -0.25) is 4.79 Å². The zero-order valence-corrected chi connectivity index (χ0v) is 11.4. The molecule has 0 bridgehead atoms. The molecule has 0 saturated heterocycles. The Labute approximate surface area is 107 Å². The molecule has 0 spiro atoms. The quantitative estimate of drug-likeness (QED) is 0.493. The van der Waals surface area contributed by atoms with Gasteiger partial charge in [-0.15, -0.1) is 0 Å².